The van der Waals surface area contributed by atoms with Crippen LogP contribution in [0.1, 0.15) is 24.0 Å². The van der Waals surface area contributed by atoms with Gasteiger partial charge >= 0.3 is 0 Å². The van der Waals surface area contributed by atoms with Crippen LogP contribution in [0.25, 0.3) is 0 Å². The van der Waals surface area contributed by atoms with Crippen molar-refractivity contribution in [2.45, 2.75) is 30.7 Å². The predicted octanol–water partition coefficient (Wildman–Crippen LogP) is 2.92. The molecule has 2 aromatic carbocycles. The molecular formula is C22H28ClN3O3S. The van der Waals surface area contributed by atoms with Crippen LogP contribution in [0.15, 0.2) is 53.4 Å². The van der Waals surface area contributed by atoms with E-state index in [1.54, 1.807) is 24.3 Å². The molecule has 0 aromatic heterocycles. The molecule has 0 radical (unpaired) electrons. The SMILES string of the molecule is CNS(=O)(=O)c1ccc(CCC(=O)N2CCCN(Cc3ccc(Cl)cc3)CC2)cc1. The largest absolute Gasteiger partial charge is 0.341 e. The van der Waals surface area contributed by atoms with Crippen molar-refractivity contribution in [3.63, 3.8) is 0 Å². The molecule has 0 atom stereocenters. The van der Waals surface area contributed by atoms with E-state index in [9.17, 15) is 13.2 Å². The van der Waals surface area contributed by atoms with Gasteiger partial charge in [-0.2, -0.15) is 0 Å². The minimum Gasteiger partial charge on any atom is -0.341 e. The van der Waals surface area contributed by atoms with E-state index in [0.29, 0.717) is 12.8 Å². The van der Waals surface area contributed by atoms with Gasteiger partial charge in [-0.05, 0) is 55.3 Å². The molecule has 0 saturated carbocycles. The Morgan fingerprint density at radius 3 is 2.30 bits per heavy atom. The summed E-state index contributed by atoms with van der Waals surface area (Å²) in [5, 5.41) is 0.740. The van der Waals surface area contributed by atoms with E-state index in [2.05, 4.69) is 9.62 Å². The maximum Gasteiger partial charge on any atom is 0.240 e. The number of hydrogen-bond donors (Lipinski definition) is 1. The number of nitrogens with zero attached hydrogens (tertiary/aromatic N) is 2. The van der Waals surface area contributed by atoms with Gasteiger partial charge in [0.15, 0.2) is 0 Å². The summed E-state index contributed by atoms with van der Waals surface area (Å²) in [5.74, 6) is 0.148. The first-order chi connectivity index (χ1) is 14.4. The van der Waals surface area contributed by atoms with Gasteiger partial charge in [0.1, 0.15) is 0 Å². The number of rotatable bonds is 7. The highest BCUT2D eigenvalue weighted by Crippen LogP contribution is 2.15. The fourth-order valence-corrected chi connectivity index (χ4v) is 4.45. The monoisotopic (exact) mass is 449 g/mol. The zero-order valence-corrected chi connectivity index (χ0v) is 18.8. The third-order valence-electron chi connectivity index (χ3n) is 5.39. The predicted molar refractivity (Wildman–Crippen MR) is 119 cm³/mol. The summed E-state index contributed by atoms with van der Waals surface area (Å²) in [6, 6.07) is 14.6. The lowest BCUT2D eigenvalue weighted by molar-refractivity contribution is -0.131. The lowest BCUT2D eigenvalue weighted by atomic mass is 10.1. The van der Waals surface area contributed by atoms with Gasteiger partial charge in [0.05, 0.1) is 4.90 Å². The Kier molecular flexibility index (Phi) is 7.88. The van der Waals surface area contributed by atoms with Gasteiger partial charge in [-0.1, -0.05) is 35.9 Å². The van der Waals surface area contributed by atoms with Crippen LogP contribution in [-0.4, -0.2) is 57.4 Å². The van der Waals surface area contributed by atoms with Crippen molar-refractivity contribution in [2.24, 2.45) is 0 Å². The highest BCUT2D eigenvalue weighted by molar-refractivity contribution is 7.89. The molecule has 1 aliphatic heterocycles. The van der Waals surface area contributed by atoms with Crippen molar-refractivity contribution in [3.8, 4) is 0 Å². The molecule has 2 aromatic rings. The average Bonchev–Trinajstić information content (AvgIpc) is 2.99. The summed E-state index contributed by atoms with van der Waals surface area (Å²) < 4.78 is 25.9. The fraction of sp³-hybridized carbons (Fsp3) is 0.409. The molecule has 3 rings (SSSR count). The first-order valence-corrected chi connectivity index (χ1v) is 12.0. The summed E-state index contributed by atoms with van der Waals surface area (Å²) >= 11 is 5.96. The molecule has 1 aliphatic rings. The molecule has 1 fully saturated rings. The maximum absolute atomic E-state index is 12.7. The molecule has 0 aliphatic carbocycles. The van der Waals surface area contributed by atoms with E-state index in [-0.39, 0.29) is 10.8 Å². The second-order valence-corrected chi connectivity index (χ2v) is 9.81. The minimum atomic E-state index is -3.43. The summed E-state index contributed by atoms with van der Waals surface area (Å²) in [6.07, 6.45) is 1.98. The van der Waals surface area contributed by atoms with E-state index >= 15 is 0 Å². The highest BCUT2D eigenvalue weighted by Gasteiger charge is 2.19. The number of amides is 1. The van der Waals surface area contributed by atoms with Crippen LogP contribution in [0, 0.1) is 0 Å². The Bertz CT molecular complexity index is 947. The maximum atomic E-state index is 12.7. The van der Waals surface area contributed by atoms with Gasteiger partial charge in [-0.15, -0.1) is 0 Å². The Balaban J connectivity index is 1.48. The van der Waals surface area contributed by atoms with Gasteiger partial charge < -0.3 is 4.90 Å². The molecule has 0 bridgehead atoms. The first kappa shape index (κ1) is 22.7. The molecule has 0 unspecified atom stereocenters. The average molecular weight is 450 g/mol. The Hall–Kier alpha value is -1.93. The fourth-order valence-electron chi connectivity index (χ4n) is 3.59. The number of nitrogens with one attached hydrogen (secondary N) is 1. The van der Waals surface area contributed by atoms with Crippen LogP contribution < -0.4 is 4.72 Å². The molecule has 162 valence electrons. The van der Waals surface area contributed by atoms with Crippen molar-refractivity contribution >= 4 is 27.5 Å². The Morgan fingerprint density at radius 2 is 1.63 bits per heavy atom. The van der Waals surface area contributed by atoms with Crippen LogP contribution in [0.5, 0.6) is 0 Å². The molecule has 0 spiro atoms. The third-order valence-corrected chi connectivity index (χ3v) is 7.07. The van der Waals surface area contributed by atoms with Gasteiger partial charge in [0, 0.05) is 44.2 Å². The van der Waals surface area contributed by atoms with Gasteiger partial charge in [-0.25, -0.2) is 13.1 Å². The first-order valence-electron chi connectivity index (χ1n) is 10.1. The molecule has 1 N–H and O–H groups in total. The van der Waals surface area contributed by atoms with Gasteiger partial charge in [0.25, 0.3) is 0 Å². The zero-order valence-electron chi connectivity index (χ0n) is 17.2. The van der Waals surface area contributed by atoms with Crippen molar-refractivity contribution in [1.29, 1.82) is 0 Å². The summed E-state index contributed by atoms with van der Waals surface area (Å²) in [4.78, 5) is 17.2. The quantitative estimate of drug-likeness (QED) is 0.705. The minimum absolute atomic E-state index is 0.148. The number of halogens is 1. The standard InChI is InChI=1S/C22H28ClN3O3S/c1-24-30(28,29)21-10-5-18(6-11-21)7-12-22(27)26-14-2-13-25(15-16-26)17-19-3-8-20(23)9-4-19/h3-6,8-11,24H,2,7,12-17H2,1H3. The second kappa shape index (κ2) is 10.4. The van der Waals surface area contributed by atoms with Gasteiger partial charge in [-0.3, -0.25) is 9.69 Å². The lowest BCUT2D eigenvalue weighted by Crippen LogP contribution is -2.35. The van der Waals surface area contributed by atoms with Gasteiger partial charge in [0.2, 0.25) is 15.9 Å². The number of carbonyl (C=O) groups is 1. The Morgan fingerprint density at radius 1 is 0.967 bits per heavy atom. The number of carbonyl (C=O) groups excluding carboxylic acids is 1. The van der Waals surface area contributed by atoms with Crippen LogP contribution in [0.2, 0.25) is 5.02 Å². The van der Waals surface area contributed by atoms with Crippen LogP contribution in [0.3, 0.4) is 0 Å². The topological polar surface area (TPSA) is 69.7 Å². The number of benzene rings is 2. The Labute approximate surface area is 183 Å². The number of hydrogen-bond acceptors (Lipinski definition) is 4. The smallest absolute Gasteiger partial charge is 0.240 e. The molecule has 1 amide bonds. The van der Waals surface area contributed by atoms with Crippen LogP contribution >= 0.6 is 11.6 Å². The van der Waals surface area contributed by atoms with E-state index in [0.717, 1.165) is 49.7 Å². The molecule has 1 heterocycles. The molecule has 6 nitrogen and oxygen atoms in total. The highest BCUT2D eigenvalue weighted by atomic mass is 35.5. The third kappa shape index (κ3) is 6.28. The van der Waals surface area contributed by atoms with Crippen molar-refractivity contribution in [2.75, 3.05) is 33.2 Å². The summed E-state index contributed by atoms with van der Waals surface area (Å²) in [7, 11) is -2.05. The second-order valence-electron chi connectivity index (χ2n) is 7.49. The van der Waals surface area contributed by atoms with Crippen LogP contribution in [0.4, 0.5) is 0 Å². The normalized spacial score (nSPS) is 15.7. The zero-order chi connectivity index (χ0) is 21.6. The molecule has 8 heteroatoms. The van der Waals surface area contributed by atoms with E-state index in [1.807, 2.05) is 29.2 Å². The number of aryl methyl sites for hydroxylation is 1. The van der Waals surface area contributed by atoms with E-state index in [1.165, 1.54) is 12.6 Å². The lowest BCUT2D eigenvalue weighted by Gasteiger charge is -2.22. The van der Waals surface area contributed by atoms with E-state index in [4.69, 9.17) is 11.6 Å². The molecule has 1 saturated heterocycles. The number of sulfonamides is 1. The summed E-state index contributed by atoms with van der Waals surface area (Å²) in [6.45, 7) is 4.18. The molecule has 30 heavy (non-hydrogen) atoms. The van der Waals surface area contributed by atoms with Crippen molar-refractivity contribution < 1.29 is 13.2 Å². The summed E-state index contributed by atoms with van der Waals surface area (Å²) in [5.41, 5.74) is 2.18. The van der Waals surface area contributed by atoms with Crippen molar-refractivity contribution in [3.05, 3.63) is 64.7 Å². The van der Waals surface area contributed by atoms with E-state index < -0.39 is 10.0 Å². The van der Waals surface area contributed by atoms with Crippen molar-refractivity contribution in [1.82, 2.24) is 14.5 Å². The molecular weight excluding hydrogens is 422 g/mol. The van der Waals surface area contributed by atoms with Crippen LogP contribution in [-0.2, 0) is 27.8 Å².